The lowest BCUT2D eigenvalue weighted by Gasteiger charge is -2.42. The number of amides is 1. The van der Waals surface area contributed by atoms with Crippen LogP contribution >= 0.6 is 0 Å². The van der Waals surface area contributed by atoms with Crippen LogP contribution in [0.25, 0.3) is 0 Å². The molecule has 0 unspecified atom stereocenters. The molecule has 0 saturated carbocycles. The first-order chi connectivity index (χ1) is 11.6. The zero-order chi connectivity index (χ0) is 17.0. The van der Waals surface area contributed by atoms with Crippen LogP contribution in [-0.4, -0.2) is 49.8 Å². The summed E-state index contributed by atoms with van der Waals surface area (Å²) in [6.45, 7) is 5.35. The predicted octanol–water partition coefficient (Wildman–Crippen LogP) is 2.97. The Morgan fingerprint density at radius 3 is 2.79 bits per heavy atom. The van der Waals surface area contributed by atoms with Gasteiger partial charge in [0.05, 0.1) is 12.0 Å². The largest absolute Gasteiger partial charge is 0.385 e. The van der Waals surface area contributed by atoms with Gasteiger partial charge in [-0.1, -0.05) is 24.3 Å². The van der Waals surface area contributed by atoms with Crippen molar-refractivity contribution in [2.24, 2.45) is 5.92 Å². The van der Waals surface area contributed by atoms with E-state index in [1.807, 2.05) is 17.0 Å². The van der Waals surface area contributed by atoms with E-state index in [1.54, 1.807) is 7.11 Å². The molecule has 0 bridgehead atoms. The molecule has 0 N–H and O–H groups in total. The summed E-state index contributed by atoms with van der Waals surface area (Å²) in [5, 5.41) is 0. The monoisotopic (exact) mass is 331 g/mol. The first kappa shape index (κ1) is 17.4. The molecule has 2 heterocycles. The maximum absolute atomic E-state index is 12.6. The van der Waals surface area contributed by atoms with E-state index in [0.717, 1.165) is 57.6 Å². The minimum absolute atomic E-state index is 0.0159. The molecule has 1 aromatic rings. The number of carbonyl (C=O) groups excluding carboxylic acids is 1. The molecule has 1 atom stereocenters. The summed E-state index contributed by atoms with van der Waals surface area (Å²) in [7, 11) is 1.76. The minimum atomic E-state index is -0.0159. The van der Waals surface area contributed by atoms with E-state index in [-0.39, 0.29) is 11.5 Å². The molecule has 1 spiro atoms. The molecule has 3 rings (SSSR count). The van der Waals surface area contributed by atoms with Crippen LogP contribution < -0.4 is 0 Å². The Morgan fingerprint density at radius 2 is 2.08 bits per heavy atom. The summed E-state index contributed by atoms with van der Waals surface area (Å²) in [6.07, 6.45) is 4.61. The van der Waals surface area contributed by atoms with Crippen molar-refractivity contribution in [2.75, 3.05) is 33.4 Å². The van der Waals surface area contributed by atoms with Gasteiger partial charge in [-0.15, -0.1) is 0 Å². The summed E-state index contributed by atoms with van der Waals surface area (Å²) in [5.41, 5.74) is 2.31. The summed E-state index contributed by atoms with van der Waals surface area (Å²) in [6, 6.07) is 8.15. The van der Waals surface area contributed by atoms with Gasteiger partial charge in [-0.2, -0.15) is 0 Å². The first-order valence-electron chi connectivity index (χ1n) is 9.10. The van der Waals surface area contributed by atoms with Gasteiger partial charge in [0, 0.05) is 33.4 Å². The molecule has 0 radical (unpaired) electrons. The second kappa shape index (κ2) is 7.66. The number of ether oxygens (including phenoxy) is 2. The summed E-state index contributed by atoms with van der Waals surface area (Å²) < 4.78 is 11.4. The van der Waals surface area contributed by atoms with Crippen molar-refractivity contribution in [3.05, 3.63) is 35.4 Å². The summed E-state index contributed by atoms with van der Waals surface area (Å²) in [4.78, 5) is 14.7. The predicted molar refractivity (Wildman–Crippen MR) is 94.0 cm³/mol. The molecule has 2 aliphatic rings. The van der Waals surface area contributed by atoms with Gasteiger partial charge >= 0.3 is 0 Å². The van der Waals surface area contributed by atoms with E-state index >= 15 is 0 Å². The average molecular weight is 331 g/mol. The Balaban J connectivity index is 1.56. The number of aryl methyl sites for hydroxylation is 1. The van der Waals surface area contributed by atoms with Gasteiger partial charge in [0.25, 0.3) is 0 Å². The molecular formula is C20H29NO3. The molecule has 1 aromatic carbocycles. The Labute approximate surface area is 145 Å². The normalized spacial score (nSPS) is 22.9. The number of benzene rings is 1. The maximum Gasteiger partial charge on any atom is 0.227 e. The molecule has 4 nitrogen and oxygen atoms in total. The third-order valence-corrected chi connectivity index (χ3v) is 5.84. The van der Waals surface area contributed by atoms with E-state index in [2.05, 4.69) is 19.1 Å². The minimum Gasteiger partial charge on any atom is -0.385 e. The van der Waals surface area contributed by atoms with Crippen molar-refractivity contribution in [3.8, 4) is 0 Å². The number of carbonyl (C=O) groups is 1. The fourth-order valence-electron chi connectivity index (χ4n) is 4.22. The number of nitrogens with zero attached hydrogens (tertiary/aromatic N) is 1. The van der Waals surface area contributed by atoms with Crippen LogP contribution in [0, 0.1) is 12.8 Å². The maximum atomic E-state index is 12.6. The average Bonchev–Trinajstić information content (AvgIpc) is 2.97. The number of likely N-dealkylation sites (tertiary alicyclic amines) is 1. The van der Waals surface area contributed by atoms with E-state index in [9.17, 15) is 4.79 Å². The highest BCUT2D eigenvalue weighted by Gasteiger charge is 2.46. The van der Waals surface area contributed by atoms with Gasteiger partial charge in [-0.05, 0) is 49.7 Å². The molecule has 1 amide bonds. The molecule has 4 heteroatoms. The summed E-state index contributed by atoms with van der Waals surface area (Å²) >= 11 is 0. The highest BCUT2D eigenvalue weighted by Crippen LogP contribution is 2.42. The Kier molecular flexibility index (Phi) is 5.57. The second-order valence-corrected chi connectivity index (χ2v) is 7.16. The third kappa shape index (κ3) is 3.65. The van der Waals surface area contributed by atoms with Crippen molar-refractivity contribution in [3.63, 3.8) is 0 Å². The van der Waals surface area contributed by atoms with Gasteiger partial charge in [0.2, 0.25) is 5.91 Å². The zero-order valence-corrected chi connectivity index (χ0v) is 14.9. The van der Waals surface area contributed by atoms with Gasteiger partial charge < -0.3 is 14.4 Å². The van der Waals surface area contributed by atoms with Gasteiger partial charge in [-0.3, -0.25) is 4.79 Å². The van der Waals surface area contributed by atoms with E-state index < -0.39 is 0 Å². The van der Waals surface area contributed by atoms with Crippen LogP contribution in [0.2, 0.25) is 0 Å². The number of hydrogen-bond acceptors (Lipinski definition) is 3. The lowest BCUT2D eigenvalue weighted by Crippen LogP contribution is -2.50. The lowest BCUT2D eigenvalue weighted by atomic mass is 9.78. The smallest absolute Gasteiger partial charge is 0.227 e. The van der Waals surface area contributed by atoms with E-state index in [0.29, 0.717) is 12.3 Å². The van der Waals surface area contributed by atoms with E-state index in [1.165, 1.54) is 5.56 Å². The zero-order valence-electron chi connectivity index (χ0n) is 14.9. The van der Waals surface area contributed by atoms with Crippen molar-refractivity contribution < 1.29 is 14.3 Å². The Hall–Kier alpha value is -1.39. The molecule has 132 valence electrons. The van der Waals surface area contributed by atoms with E-state index in [4.69, 9.17) is 9.47 Å². The topological polar surface area (TPSA) is 38.8 Å². The van der Waals surface area contributed by atoms with Crippen LogP contribution in [0.3, 0.4) is 0 Å². The van der Waals surface area contributed by atoms with Crippen LogP contribution in [0.5, 0.6) is 0 Å². The van der Waals surface area contributed by atoms with Crippen LogP contribution in [-0.2, 0) is 20.7 Å². The molecule has 2 saturated heterocycles. The first-order valence-corrected chi connectivity index (χ1v) is 9.10. The third-order valence-electron chi connectivity index (χ3n) is 5.84. The van der Waals surface area contributed by atoms with Crippen molar-refractivity contribution in [1.29, 1.82) is 0 Å². The highest BCUT2D eigenvalue weighted by atomic mass is 16.5. The molecule has 0 aliphatic carbocycles. The highest BCUT2D eigenvalue weighted by molar-refractivity contribution is 5.79. The molecule has 24 heavy (non-hydrogen) atoms. The van der Waals surface area contributed by atoms with Crippen LogP contribution in [0.15, 0.2) is 24.3 Å². The molecular weight excluding hydrogens is 302 g/mol. The molecule has 0 aromatic heterocycles. The van der Waals surface area contributed by atoms with Gasteiger partial charge in [0.15, 0.2) is 0 Å². The SMILES string of the molecule is COCC[C@@H]1CCOC12CCN(C(=O)Cc1ccccc1C)CC2. The standard InChI is InChI=1S/C20H29NO3/c1-16-5-3-4-6-17(16)15-19(22)21-11-9-20(10-12-21)18(7-13-23-2)8-14-24-20/h3-6,18H,7-15H2,1-2H3/t18-/m1/s1. The van der Waals surface area contributed by atoms with Crippen LogP contribution in [0.1, 0.15) is 36.8 Å². The second-order valence-electron chi connectivity index (χ2n) is 7.16. The Bertz CT molecular complexity index is 564. The number of methoxy groups -OCH3 is 1. The number of hydrogen-bond donors (Lipinski definition) is 0. The molecule has 2 aliphatic heterocycles. The quantitative estimate of drug-likeness (QED) is 0.833. The number of rotatable bonds is 5. The number of piperidine rings is 1. The van der Waals surface area contributed by atoms with Crippen molar-refractivity contribution in [1.82, 2.24) is 4.90 Å². The Morgan fingerprint density at radius 1 is 1.33 bits per heavy atom. The van der Waals surface area contributed by atoms with Crippen LogP contribution in [0.4, 0.5) is 0 Å². The fourth-order valence-corrected chi connectivity index (χ4v) is 4.22. The summed E-state index contributed by atoms with van der Waals surface area (Å²) in [5.74, 6) is 0.816. The molecule has 2 fully saturated rings. The van der Waals surface area contributed by atoms with Crippen molar-refractivity contribution >= 4 is 5.91 Å². The van der Waals surface area contributed by atoms with Gasteiger partial charge in [-0.25, -0.2) is 0 Å². The fraction of sp³-hybridized carbons (Fsp3) is 0.650. The van der Waals surface area contributed by atoms with Crippen molar-refractivity contribution in [2.45, 2.75) is 44.6 Å². The van der Waals surface area contributed by atoms with Gasteiger partial charge in [0.1, 0.15) is 0 Å². The lowest BCUT2D eigenvalue weighted by molar-refractivity contribution is -0.137.